The van der Waals surface area contributed by atoms with Crippen molar-refractivity contribution in [1.82, 2.24) is 0 Å². The first kappa shape index (κ1) is 18.4. The molecule has 1 aliphatic carbocycles. The molecule has 0 bridgehead atoms. The Hall–Kier alpha value is -2.35. The SMILES string of the molecule is CC(C)=C(CO)C[C@@]12O[C@]1(C(=O)OCCO)C(=O)c1ccccc1C2=O. The number of benzene rings is 1. The first-order valence-corrected chi connectivity index (χ1v) is 8.28. The molecule has 0 spiro atoms. The number of esters is 1. The van der Waals surface area contributed by atoms with Gasteiger partial charge in [0, 0.05) is 17.5 Å². The molecule has 1 saturated heterocycles. The molecule has 1 aromatic carbocycles. The van der Waals surface area contributed by atoms with Crippen molar-refractivity contribution < 1.29 is 34.1 Å². The highest BCUT2D eigenvalue weighted by Gasteiger charge is 2.85. The lowest BCUT2D eigenvalue weighted by Crippen LogP contribution is -2.51. The maximum Gasteiger partial charge on any atom is 0.350 e. The Balaban J connectivity index is 2.13. The molecule has 7 heteroatoms. The van der Waals surface area contributed by atoms with Crippen LogP contribution in [0.15, 0.2) is 35.4 Å². The zero-order chi connectivity index (χ0) is 19.1. The van der Waals surface area contributed by atoms with Crippen molar-refractivity contribution in [3.05, 3.63) is 46.5 Å². The van der Waals surface area contributed by atoms with E-state index in [1.54, 1.807) is 26.0 Å². The first-order chi connectivity index (χ1) is 12.4. The Labute approximate surface area is 150 Å². The average Bonchev–Trinajstić information content (AvgIpc) is 3.34. The highest BCUT2D eigenvalue weighted by Crippen LogP contribution is 2.59. The van der Waals surface area contributed by atoms with Crippen molar-refractivity contribution in [3.63, 3.8) is 0 Å². The number of hydrogen-bond donors (Lipinski definition) is 2. The fourth-order valence-corrected chi connectivity index (χ4v) is 3.43. The van der Waals surface area contributed by atoms with Gasteiger partial charge in [-0.05, 0) is 19.4 Å². The molecule has 1 aliphatic heterocycles. The van der Waals surface area contributed by atoms with E-state index >= 15 is 0 Å². The van der Waals surface area contributed by atoms with E-state index in [4.69, 9.17) is 14.6 Å². The van der Waals surface area contributed by atoms with Crippen LogP contribution >= 0.6 is 0 Å². The Bertz CT molecular complexity index is 821. The van der Waals surface area contributed by atoms with Crippen LogP contribution in [0, 0.1) is 0 Å². The third-order valence-electron chi connectivity index (χ3n) is 4.93. The minimum absolute atomic E-state index is 0.0844. The molecule has 0 saturated carbocycles. The summed E-state index contributed by atoms with van der Waals surface area (Å²) in [6.45, 7) is 2.49. The summed E-state index contributed by atoms with van der Waals surface area (Å²) in [5, 5.41) is 18.5. The van der Waals surface area contributed by atoms with E-state index < -0.39 is 35.3 Å². The zero-order valence-corrected chi connectivity index (χ0v) is 14.6. The van der Waals surface area contributed by atoms with Crippen LogP contribution in [-0.4, -0.2) is 58.8 Å². The van der Waals surface area contributed by atoms with Crippen molar-refractivity contribution in [2.75, 3.05) is 19.8 Å². The molecular weight excluding hydrogens is 340 g/mol. The molecule has 0 radical (unpaired) electrons. The zero-order valence-electron chi connectivity index (χ0n) is 14.6. The molecule has 1 aromatic rings. The van der Waals surface area contributed by atoms with Gasteiger partial charge in [-0.3, -0.25) is 9.59 Å². The van der Waals surface area contributed by atoms with Gasteiger partial charge in [0.25, 0.3) is 5.60 Å². The Kier molecular flexibility index (Phi) is 4.56. The number of carbonyl (C=O) groups is 3. The monoisotopic (exact) mass is 360 g/mol. The van der Waals surface area contributed by atoms with Crippen molar-refractivity contribution in [3.8, 4) is 0 Å². The number of ketones is 2. The normalized spacial score (nSPS) is 26.0. The number of aliphatic hydroxyl groups is 2. The van der Waals surface area contributed by atoms with Gasteiger partial charge in [0.2, 0.25) is 5.78 Å². The number of ether oxygens (including phenoxy) is 2. The Morgan fingerprint density at radius 3 is 2.27 bits per heavy atom. The summed E-state index contributed by atoms with van der Waals surface area (Å²) in [7, 11) is 0. The second-order valence-electron chi connectivity index (χ2n) is 6.61. The predicted molar refractivity (Wildman–Crippen MR) is 89.8 cm³/mol. The van der Waals surface area contributed by atoms with Crippen LogP contribution in [0.4, 0.5) is 0 Å². The minimum atomic E-state index is -2.07. The predicted octanol–water partition coefficient (Wildman–Crippen LogP) is 0.828. The van der Waals surface area contributed by atoms with Crippen LogP contribution in [0.25, 0.3) is 0 Å². The lowest BCUT2D eigenvalue weighted by Gasteiger charge is -2.24. The quantitative estimate of drug-likeness (QED) is 0.334. The standard InChI is InChI=1S/C19H20O7/c1-11(2)12(10-21)9-18-15(22)13-5-3-4-6-14(13)16(23)19(18,26-18)17(24)25-8-7-20/h3-6,20-21H,7-10H2,1-2H3/t18-,19-/m0/s1. The largest absolute Gasteiger partial charge is 0.461 e. The van der Waals surface area contributed by atoms with Gasteiger partial charge in [-0.2, -0.15) is 0 Å². The molecule has 0 aromatic heterocycles. The number of hydrogen-bond acceptors (Lipinski definition) is 7. The minimum Gasteiger partial charge on any atom is -0.461 e. The van der Waals surface area contributed by atoms with Crippen molar-refractivity contribution in [1.29, 1.82) is 0 Å². The highest BCUT2D eigenvalue weighted by molar-refractivity contribution is 6.32. The maximum atomic E-state index is 13.1. The third-order valence-corrected chi connectivity index (χ3v) is 4.93. The van der Waals surface area contributed by atoms with Crippen molar-refractivity contribution in [2.45, 2.75) is 31.5 Å². The number of carbonyl (C=O) groups excluding carboxylic acids is 3. The van der Waals surface area contributed by atoms with Crippen LogP contribution in [0.2, 0.25) is 0 Å². The second-order valence-corrected chi connectivity index (χ2v) is 6.61. The van der Waals surface area contributed by atoms with Crippen molar-refractivity contribution in [2.24, 2.45) is 0 Å². The maximum absolute atomic E-state index is 13.1. The summed E-state index contributed by atoms with van der Waals surface area (Å²) in [5.74, 6) is -2.12. The molecule has 7 nitrogen and oxygen atoms in total. The topological polar surface area (TPSA) is 113 Å². The van der Waals surface area contributed by atoms with Gasteiger partial charge in [0.05, 0.1) is 13.2 Å². The summed E-state index contributed by atoms with van der Waals surface area (Å²) in [6.07, 6.45) is -0.0844. The second kappa shape index (κ2) is 6.42. The number of Topliss-reactive ketones (excluding diaryl/α,β-unsaturated/α-hetero) is 2. The fraction of sp³-hybridized carbons (Fsp3) is 0.421. The van der Waals surface area contributed by atoms with E-state index in [0.717, 1.165) is 5.57 Å². The smallest absolute Gasteiger partial charge is 0.350 e. The molecular formula is C19H20O7. The van der Waals surface area contributed by atoms with Gasteiger partial charge in [0.1, 0.15) is 6.61 Å². The molecule has 2 atom stereocenters. The van der Waals surface area contributed by atoms with E-state index in [1.165, 1.54) is 12.1 Å². The molecule has 1 fully saturated rings. The van der Waals surface area contributed by atoms with Crippen LogP contribution in [-0.2, 0) is 14.3 Å². The van der Waals surface area contributed by atoms with E-state index in [1.807, 2.05) is 0 Å². The third kappa shape index (κ3) is 2.35. The molecule has 0 amide bonds. The van der Waals surface area contributed by atoms with Gasteiger partial charge >= 0.3 is 5.97 Å². The Morgan fingerprint density at radius 2 is 1.73 bits per heavy atom. The molecule has 1 heterocycles. The highest BCUT2D eigenvalue weighted by atomic mass is 16.7. The lowest BCUT2D eigenvalue weighted by atomic mass is 9.71. The van der Waals surface area contributed by atoms with Crippen LogP contribution in [0.5, 0.6) is 0 Å². The van der Waals surface area contributed by atoms with E-state index in [-0.39, 0.29) is 30.8 Å². The molecule has 3 rings (SSSR count). The van der Waals surface area contributed by atoms with Gasteiger partial charge < -0.3 is 19.7 Å². The average molecular weight is 360 g/mol. The van der Waals surface area contributed by atoms with Gasteiger partial charge in [-0.1, -0.05) is 29.8 Å². The van der Waals surface area contributed by atoms with Gasteiger partial charge in [-0.25, -0.2) is 4.79 Å². The molecule has 0 unspecified atom stereocenters. The lowest BCUT2D eigenvalue weighted by molar-refractivity contribution is -0.149. The summed E-state index contributed by atoms with van der Waals surface area (Å²) in [5.41, 5.74) is -2.21. The first-order valence-electron chi connectivity index (χ1n) is 8.28. The summed E-state index contributed by atoms with van der Waals surface area (Å²) in [4.78, 5) is 38.8. The molecule has 2 N–H and O–H groups in total. The number of allylic oxidation sites excluding steroid dienone is 1. The summed E-state index contributed by atoms with van der Waals surface area (Å²) < 4.78 is 10.5. The molecule has 2 aliphatic rings. The number of rotatable bonds is 6. The fourth-order valence-electron chi connectivity index (χ4n) is 3.43. The van der Waals surface area contributed by atoms with E-state index in [9.17, 15) is 19.5 Å². The number of aliphatic hydroxyl groups excluding tert-OH is 2. The van der Waals surface area contributed by atoms with Crippen LogP contribution < -0.4 is 0 Å². The van der Waals surface area contributed by atoms with Crippen molar-refractivity contribution >= 4 is 17.5 Å². The van der Waals surface area contributed by atoms with E-state index in [0.29, 0.717) is 5.57 Å². The molecule has 26 heavy (non-hydrogen) atoms. The van der Waals surface area contributed by atoms with Gasteiger partial charge in [0.15, 0.2) is 11.4 Å². The van der Waals surface area contributed by atoms with Crippen LogP contribution in [0.1, 0.15) is 41.0 Å². The number of fused-ring (bicyclic) bond motifs is 2. The molecule has 138 valence electrons. The Morgan fingerprint density at radius 1 is 1.12 bits per heavy atom. The van der Waals surface area contributed by atoms with Gasteiger partial charge in [-0.15, -0.1) is 0 Å². The van der Waals surface area contributed by atoms with Crippen LogP contribution in [0.3, 0.4) is 0 Å². The number of epoxide rings is 1. The summed E-state index contributed by atoms with van der Waals surface area (Å²) in [6, 6.07) is 6.21. The summed E-state index contributed by atoms with van der Waals surface area (Å²) >= 11 is 0. The van der Waals surface area contributed by atoms with E-state index in [2.05, 4.69) is 0 Å².